The third-order valence-corrected chi connectivity index (χ3v) is 6.26. The maximum absolute atomic E-state index is 13.4. The number of hydrogen-bond acceptors (Lipinski definition) is 5. The summed E-state index contributed by atoms with van der Waals surface area (Å²) in [6.07, 6.45) is 2.01. The van der Waals surface area contributed by atoms with E-state index in [1.165, 1.54) is 0 Å². The molecule has 0 aromatic heterocycles. The lowest BCUT2D eigenvalue weighted by molar-refractivity contribution is -0.139. The number of carbonyl (C=O) groups is 3. The molecule has 1 fully saturated rings. The zero-order chi connectivity index (χ0) is 26.1. The van der Waals surface area contributed by atoms with Crippen LogP contribution >= 0.6 is 0 Å². The van der Waals surface area contributed by atoms with Crippen molar-refractivity contribution in [1.29, 1.82) is 0 Å². The molecular formula is C28H37N3O5. The second kappa shape index (κ2) is 12.4. The topological polar surface area (TPSA) is 88.2 Å². The van der Waals surface area contributed by atoms with E-state index in [0.717, 1.165) is 23.3 Å². The normalized spacial score (nSPS) is 17.2. The third-order valence-electron chi connectivity index (χ3n) is 6.26. The average Bonchev–Trinajstić information content (AvgIpc) is 3.13. The third kappa shape index (κ3) is 5.80. The van der Waals surface area contributed by atoms with Crippen LogP contribution in [0.2, 0.25) is 0 Å². The first kappa shape index (κ1) is 27.0. The molecule has 2 aromatic rings. The lowest BCUT2D eigenvalue weighted by atomic mass is 9.87. The Morgan fingerprint density at radius 2 is 1.72 bits per heavy atom. The number of hydrogen-bond donors (Lipinski definition) is 1. The molecule has 0 aliphatic carbocycles. The zero-order valence-corrected chi connectivity index (χ0v) is 21.7. The van der Waals surface area contributed by atoms with Crippen LogP contribution in [0.5, 0.6) is 11.5 Å². The van der Waals surface area contributed by atoms with Gasteiger partial charge in [-0.3, -0.25) is 14.5 Å². The van der Waals surface area contributed by atoms with Crippen molar-refractivity contribution in [1.82, 2.24) is 15.1 Å². The summed E-state index contributed by atoms with van der Waals surface area (Å²) in [6, 6.07) is 14.3. The lowest BCUT2D eigenvalue weighted by Gasteiger charge is -2.27. The second-order valence-corrected chi connectivity index (χ2v) is 8.82. The molecule has 8 heteroatoms. The van der Waals surface area contributed by atoms with Gasteiger partial charge in [0.25, 0.3) is 5.91 Å². The van der Waals surface area contributed by atoms with Crippen LogP contribution in [-0.2, 0) is 21.7 Å². The van der Waals surface area contributed by atoms with Crippen LogP contribution in [0.1, 0.15) is 58.1 Å². The van der Waals surface area contributed by atoms with Crippen molar-refractivity contribution in [2.75, 3.05) is 26.3 Å². The summed E-state index contributed by atoms with van der Waals surface area (Å²) in [4.78, 5) is 42.3. The fraction of sp³-hybridized carbons (Fsp3) is 0.464. The number of benzene rings is 2. The minimum Gasteiger partial charge on any atom is -0.490 e. The van der Waals surface area contributed by atoms with E-state index in [-0.39, 0.29) is 12.5 Å². The van der Waals surface area contributed by atoms with Gasteiger partial charge in [0.2, 0.25) is 5.91 Å². The van der Waals surface area contributed by atoms with Gasteiger partial charge >= 0.3 is 6.03 Å². The van der Waals surface area contributed by atoms with E-state index in [1.54, 1.807) is 4.90 Å². The molecule has 0 saturated carbocycles. The Morgan fingerprint density at radius 1 is 0.972 bits per heavy atom. The van der Waals surface area contributed by atoms with Gasteiger partial charge in [0.05, 0.1) is 13.2 Å². The number of carbonyl (C=O) groups excluding carboxylic acids is 3. The maximum atomic E-state index is 13.4. The molecule has 2 aromatic carbocycles. The van der Waals surface area contributed by atoms with Crippen LogP contribution in [-0.4, -0.2) is 53.9 Å². The minimum atomic E-state index is -1.16. The van der Waals surface area contributed by atoms with Gasteiger partial charge in [-0.25, -0.2) is 4.79 Å². The molecule has 1 unspecified atom stereocenters. The average molecular weight is 496 g/mol. The van der Waals surface area contributed by atoms with Crippen LogP contribution in [0, 0.1) is 0 Å². The molecule has 1 aliphatic heterocycles. The fourth-order valence-electron chi connectivity index (χ4n) is 4.40. The fourth-order valence-corrected chi connectivity index (χ4v) is 4.40. The summed E-state index contributed by atoms with van der Waals surface area (Å²) in [6.45, 7) is 9.40. The highest BCUT2D eigenvalue weighted by Crippen LogP contribution is 2.33. The van der Waals surface area contributed by atoms with Crippen LogP contribution in [0.15, 0.2) is 48.5 Å². The SMILES string of the molecule is CCCOc1ccc(CN(CCC)C(=O)CN2C(=O)NC(CC)(c3ccccc3)C2=O)cc1OCC. The molecule has 1 saturated heterocycles. The molecule has 0 bridgehead atoms. The lowest BCUT2D eigenvalue weighted by Crippen LogP contribution is -2.45. The van der Waals surface area contributed by atoms with E-state index >= 15 is 0 Å². The van der Waals surface area contributed by atoms with Gasteiger partial charge in [0.1, 0.15) is 12.1 Å². The Balaban J connectivity index is 1.77. The number of urea groups is 1. The number of amides is 4. The maximum Gasteiger partial charge on any atom is 0.325 e. The van der Waals surface area contributed by atoms with Gasteiger partial charge in [0, 0.05) is 13.1 Å². The van der Waals surface area contributed by atoms with Gasteiger partial charge in [-0.05, 0) is 49.4 Å². The minimum absolute atomic E-state index is 0.287. The Labute approximate surface area is 213 Å². The molecule has 1 heterocycles. The van der Waals surface area contributed by atoms with Crippen LogP contribution in [0.4, 0.5) is 4.79 Å². The molecule has 194 valence electrons. The summed E-state index contributed by atoms with van der Waals surface area (Å²) in [5.74, 6) is 0.621. The van der Waals surface area contributed by atoms with Crippen molar-refractivity contribution < 1.29 is 23.9 Å². The van der Waals surface area contributed by atoms with Gasteiger partial charge < -0.3 is 19.7 Å². The monoisotopic (exact) mass is 495 g/mol. The van der Waals surface area contributed by atoms with E-state index < -0.39 is 17.5 Å². The first-order valence-corrected chi connectivity index (χ1v) is 12.8. The van der Waals surface area contributed by atoms with Crippen LogP contribution in [0.25, 0.3) is 0 Å². The molecule has 0 radical (unpaired) electrons. The van der Waals surface area contributed by atoms with Gasteiger partial charge in [-0.2, -0.15) is 0 Å². The summed E-state index contributed by atoms with van der Waals surface area (Å²) in [5, 5.41) is 2.84. The zero-order valence-electron chi connectivity index (χ0n) is 21.7. The van der Waals surface area contributed by atoms with E-state index in [0.29, 0.717) is 49.8 Å². The Hall–Kier alpha value is -3.55. The first-order chi connectivity index (χ1) is 17.4. The van der Waals surface area contributed by atoms with Gasteiger partial charge in [-0.15, -0.1) is 0 Å². The molecule has 1 atom stereocenters. The van der Waals surface area contributed by atoms with Crippen molar-refractivity contribution in [2.45, 2.75) is 59.0 Å². The largest absolute Gasteiger partial charge is 0.490 e. The van der Waals surface area contributed by atoms with E-state index in [1.807, 2.05) is 76.2 Å². The molecule has 3 rings (SSSR count). The number of rotatable bonds is 13. The van der Waals surface area contributed by atoms with Gasteiger partial charge in [-0.1, -0.05) is 57.2 Å². The number of nitrogens with one attached hydrogen (secondary N) is 1. The van der Waals surface area contributed by atoms with Crippen molar-refractivity contribution in [3.8, 4) is 11.5 Å². The second-order valence-electron chi connectivity index (χ2n) is 8.82. The predicted molar refractivity (Wildman–Crippen MR) is 138 cm³/mol. The van der Waals surface area contributed by atoms with Crippen LogP contribution < -0.4 is 14.8 Å². The van der Waals surface area contributed by atoms with Crippen LogP contribution in [0.3, 0.4) is 0 Å². The highest BCUT2D eigenvalue weighted by Gasteiger charge is 2.51. The summed E-state index contributed by atoms with van der Waals surface area (Å²) in [7, 11) is 0. The van der Waals surface area contributed by atoms with Crippen molar-refractivity contribution in [3.63, 3.8) is 0 Å². The van der Waals surface area contributed by atoms with E-state index in [9.17, 15) is 14.4 Å². The molecule has 1 N–H and O–H groups in total. The smallest absolute Gasteiger partial charge is 0.325 e. The first-order valence-electron chi connectivity index (χ1n) is 12.8. The van der Waals surface area contributed by atoms with E-state index in [4.69, 9.17) is 9.47 Å². The molecule has 36 heavy (non-hydrogen) atoms. The Bertz CT molecular complexity index is 1060. The summed E-state index contributed by atoms with van der Waals surface area (Å²) < 4.78 is 11.5. The highest BCUT2D eigenvalue weighted by atomic mass is 16.5. The standard InChI is InChI=1S/C28H37N3O5/c1-5-16-30(19-21-14-15-23(36-17-6-2)24(18-21)35-8-4)25(32)20-31-26(33)28(7-3,29-27(31)34)22-12-10-9-11-13-22/h9-15,18H,5-8,16-17,19-20H2,1-4H3,(H,29,34). The number of nitrogens with zero attached hydrogens (tertiary/aromatic N) is 2. The quantitative estimate of drug-likeness (QED) is 0.414. The molecular weight excluding hydrogens is 458 g/mol. The van der Waals surface area contributed by atoms with Gasteiger partial charge in [0.15, 0.2) is 11.5 Å². The summed E-state index contributed by atoms with van der Waals surface area (Å²) in [5.41, 5.74) is 0.433. The summed E-state index contributed by atoms with van der Waals surface area (Å²) >= 11 is 0. The number of imide groups is 1. The molecule has 4 amide bonds. The molecule has 1 aliphatic rings. The Morgan fingerprint density at radius 3 is 2.36 bits per heavy atom. The molecule has 0 spiro atoms. The Kier molecular flexibility index (Phi) is 9.33. The van der Waals surface area contributed by atoms with Crippen molar-refractivity contribution in [2.24, 2.45) is 0 Å². The highest BCUT2D eigenvalue weighted by molar-refractivity contribution is 6.09. The van der Waals surface area contributed by atoms with E-state index in [2.05, 4.69) is 5.32 Å². The van der Waals surface area contributed by atoms with Crippen molar-refractivity contribution >= 4 is 17.8 Å². The number of ether oxygens (including phenoxy) is 2. The molecule has 8 nitrogen and oxygen atoms in total. The predicted octanol–water partition coefficient (Wildman–Crippen LogP) is 4.47. The van der Waals surface area contributed by atoms with Crippen molar-refractivity contribution in [3.05, 3.63) is 59.7 Å².